The monoisotopic (exact) mass is 359 g/mol. The average molecular weight is 359 g/mol. The molecule has 0 saturated carbocycles. The molecule has 0 fully saturated rings. The van der Waals surface area contributed by atoms with E-state index in [0.29, 0.717) is 16.5 Å². The van der Waals surface area contributed by atoms with Gasteiger partial charge in [-0.3, -0.25) is 9.59 Å². The third-order valence-electron chi connectivity index (χ3n) is 3.18. The quantitative estimate of drug-likeness (QED) is 0.661. The molecule has 0 unspecified atom stereocenters. The number of rotatable bonds is 6. The molecule has 2 amide bonds. The maximum atomic E-state index is 12.8. The Hall–Kier alpha value is -2.87. The number of nitrogens with one attached hydrogen (secondary N) is 2. The zero-order chi connectivity index (χ0) is 17.6. The zero-order valence-electron chi connectivity index (χ0n) is 13.0. The van der Waals surface area contributed by atoms with Gasteiger partial charge in [-0.25, -0.2) is 9.37 Å². The maximum Gasteiger partial charge on any atom is 0.257 e. The van der Waals surface area contributed by atoms with Gasteiger partial charge in [0, 0.05) is 5.69 Å². The summed E-state index contributed by atoms with van der Waals surface area (Å²) >= 11 is 1.15. The van der Waals surface area contributed by atoms with Crippen LogP contribution in [0.1, 0.15) is 0 Å². The van der Waals surface area contributed by atoms with Crippen molar-refractivity contribution in [3.63, 3.8) is 0 Å². The van der Waals surface area contributed by atoms with Crippen LogP contribution in [0.4, 0.5) is 10.1 Å². The van der Waals surface area contributed by atoms with Gasteiger partial charge in [0.1, 0.15) is 11.3 Å². The second-order valence-electron chi connectivity index (χ2n) is 5.07. The number of hydrogen-bond acceptors (Lipinski definition) is 5. The lowest BCUT2D eigenvalue weighted by Crippen LogP contribution is -2.33. The molecule has 0 aliphatic rings. The number of amides is 2. The molecule has 2 N–H and O–H groups in total. The smallest absolute Gasteiger partial charge is 0.257 e. The normalized spacial score (nSPS) is 10.6. The molecule has 0 bridgehead atoms. The van der Waals surface area contributed by atoms with E-state index in [2.05, 4.69) is 15.6 Å². The van der Waals surface area contributed by atoms with Gasteiger partial charge in [0.05, 0.1) is 12.3 Å². The Morgan fingerprint density at radius 2 is 1.84 bits per heavy atom. The Kier molecular flexibility index (Phi) is 5.30. The first kappa shape index (κ1) is 17.0. The molecule has 3 aromatic rings. The number of carbonyl (C=O) groups is 2. The van der Waals surface area contributed by atoms with Crippen LogP contribution in [0.25, 0.3) is 11.1 Å². The fraction of sp³-hybridized carbons (Fsp3) is 0.118. The van der Waals surface area contributed by atoms with Crippen LogP contribution in [0, 0.1) is 5.82 Å². The van der Waals surface area contributed by atoms with Crippen molar-refractivity contribution in [2.45, 2.75) is 5.22 Å². The molecule has 1 aromatic heterocycles. The number of oxazole rings is 1. The van der Waals surface area contributed by atoms with Crippen molar-refractivity contribution >= 4 is 40.4 Å². The average Bonchev–Trinajstić information content (AvgIpc) is 3.03. The summed E-state index contributed by atoms with van der Waals surface area (Å²) in [7, 11) is 0. The van der Waals surface area contributed by atoms with Gasteiger partial charge < -0.3 is 15.1 Å². The number of hydrogen-bond donors (Lipinski definition) is 2. The molecule has 0 radical (unpaired) electrons. The molecule has 25 heavy (non-hydrogen) atoms. The minimum atomic E-state index is -0.396. The van der Waals surface area contributed by atoms with Crippen LogP contribution in [0.3, 0.4) is 0 Å². The highest BCUT2D eigenvalue weighted by molar-refractivity contribution is 7.99. The van der Waals surface area contributed by atoms with Crippen LogP contribution in [0.15, 0.2) is 58.2 Å². The van der Waals surface area contributed by atoms with E-state index in [9.17, 15) is 14.0 Å². The van der Waals surface area contributed by atoms with E-state index in [1.54, 1.807) is 6.07 Å². The second kappa shape index (κ2) is 7.80. The third kappa shape index (κ3) is 4.80. The number of aromatic nitrogens is 1. The number of halogens is 1. The minimum absolute atomic E-state index is 0.0800. The van der Waals surface area contributed by atoms with Crippen LogP contribution >= 0.6 is 11.8 Å². The van der Waals surface area contributed by atoms with Gasteiger partial charge in [-0.05, 0) is 36.4 Å². The topological polar surface area (TPSA) is 84.2 Å². The van der Waals surface area contributed by atoms with Crippen LogP contribution in [0.5, 0.6) is 0 Å². The van der Waals surface area contributed by atoms with Crippen LogP contribution in [-0.2, 0) is 9.59 Å². The molecule has 6 nitrogen and oxygen atoms in total. The van der Waals surface area contributed by atoms with Crippen LogP contribution in [0.2, 0.25) is 0 Å². The zero-order valence-corrected chi connectivity index (χ0v) is 13.8. The van der Waals surface area contributed by atoms with E-state index in [1.165, 1.54) is 24.3 Å². The number of anilines is 1. The Labute approximate surface area is 146 Å². The Morgan fingerprint density at radius 1 is 1.08 bits per heavy atom. The molecular formula is C17H14FN3O3S. The van der Waals surface area contributed by atoms with Crippen molar-refractivity contribution < 1.29 is 18.4 Å². The Balaban J connectivity index is 1.43. The second-order valence-corrected chi connectivity index (χ2v) is 5.99. The first-order chi connectivity index (χ1) is 12.1. The number of fused-ring (bicyclic) bond motifs is 1. The molecule has 1 heterocycles. The lowest BCUT2D eigenvalue weighted by atomic mass is 10.3. The predicted octanol–water partition coefficient (Wildman–Crippen LogP) is 2.81. The number of nitrogens with zero attached hydrogens (tertiary/aromatic N) is 1. The van der Waals surface area contributed by atoms with Crippen molar-refractivity contribution in [3.8, 4) is 0 Å². The van der Waals surface area contributed by atoms with Gasteiger partial charge in [0.25, 0.3) is 5.22 Å². The largest absolute Gasteiger partial charge is 0.431 e. The summed E-state index contributed by atoms with van der Waals surface area (Å²) in [6.07, 6.45) is 0. The van der Waals surface area contributed by atoms with E-state index in [-0.39, 0.29) is 24.0 Å². The van der Waals surface area contributed by atoms with E-state index >= 15 is 0 Å². The summed E-state index contributed by atoms with van der Waals surface area (Å²) in [5.74, 6) is -1.02. The summed E-state index contributed by atoms with van der Waals surface area (Å²) in [5, 5.41) is 5.46. The fourth-order valence-electron chi connectivity index (χ4n) is 2.01. The van der Waals surface area contributed by atoms with E-state index in [0.717, 1.165) is 17.3 Å². The molecule has 0 saturated heterocycles. The molecule has 3 rings (SSSR count). The fourth-order valence-corrected chi connectivity index (χ4v) is 2.68. The Bertz CT molecular complexity index is 863. The third-order valence-corrected chi connectivity index (χ3v) is 4.00. The first-order valence-corrected chi connectivity index (χ1v) is 8.39. The molecule has 0 aliphatic carbocycles. The Morgan fingerprint density at radius 3 is 2.60 bits per heavy atom. The molecule has 128 valence electrons. The van der Waals surface area contributed by atoms with Gasteiger partial charge >= 0.3 is 0 Å². The number of thioether (sulfide) groups is 1. The number of benzene rings is 2. The summed E-state index contributed by atoms with van der Waals surface area (Å²) in [4.78, 5) is 27.8. The van der Waals surface area contributed by atoms with Gasteiger partial charge in [-0.1, -0.05) is 23.9 Å². The van der Waals surface area contributed by atoms with Crippen molar-refractivity contribution in [1.82, 2.24) is 10.3 Å². The molecular weight excluding hydrogens is 345 g/mol. The number of para-hydroxylation sites is 2. The summed E-state index contributed by atoms with van der Waals surface area (Å²) < 4.78 is 18.3. The van der Waals surface area contributed by atoms with Crippen molar-refractivity contribution in [2.75, 3.05) is 17.6 Å². The maximum absolute atomic E-state index is 12.8. The van der Waals surface area contributed by atoms with Gasteiger partial charge in [0.2, 0.25) is 11.8 Å². The molecule has 0 spiro atoms. The highest BCUT2D eigenvalue weighted by Crippen LogP contribution is 2.22. The van der Waals surface area contributed by atoms with E-state index in [1.807, 2.05) is 18.2 Å². The van der Waals surface area contributed by atoms with Crippen molar-refractivity contribution in [1.29, 1.82) is 0 Å². The highest BCUT2D eigenvalue weighted by atomic mass is 32.2. The van der Waals surface area contributed by atoms with Gasteiger partial charge in [-0.2, -0.15) is 0 Å². The predicted molar refractivity (Wildman–Crippen MR) is 92.8 cm³/mol. The van der Waals surface area contributed by atoms with Crippen molar-refractivity contribution in [3.05, 3.63) is 54.3 Å². The lowest BCUT2D eigenvalue weighted by Gasteiger charge is -2.06. The molecule has 8 heteroatoms. The van der Waals surface area contributed by atoms with E-state index < -0.39 is 5.91 Å². The molecule has 2 aromatic carbocycles. The minimum Gasteiger partial charge on any atom is -0.431 e. The summed E-state index contributed by atoms with van der Waals surface area (Å²) in [6, 6.07) is 12.7. The first-order valence-electron chi connectivity index (χ1n) is 7.40. The standard InChI is InChI=1S/C17H14FN3O3S/c18-11-5-7-12(8-6-11)20-15(22)9-19-16(23)10-25-17-21-13-3-1-2-4-14(13)24-17/h1-8H,9-10H2,(H,19,23)(H,20,22). The number of carbonyl (C=O) groups excluding carboxylic acids is 2. The lowest BCUT2D eigenvalue weighted by molar-refractivity contribution is -0.122. The molecule has 0 aliphatic heterocycles. The SMILES string of the molecule is O=C(CSc1nc2ccccc2o1)NCC(=O)Nc1ccc(F)cc1. The highest BCUT2D eigenvalue weighted by Gasteiger charge is 2.10. The van der Waals surface area contributed by atoms with Crippen molar-refractivity contribution in [2.24, 2.45) is 0 Å². The van der Waals surface area contributed by atoms with Crippen LogP contribution in [-0.4, -0.2) is 29.1 Å². The molecule has 0 atom stereocenters. The van der Waals surface area contributed by atoms with Gasteiger partial charge in [-0.15, -0.1) is 0 Å². The van der Waals surface area contributed by atoms with Crippen LogP contribution < -0.4 is 10.6 Å². The van der Waals surface area contributed by atoms with E-state index in [4.69, 9.17) is 4.42 Å². The summed E-state index contributed by atoms with van der Waals surface area (Å²) in [6.45, 7) is -0.176. The summed E-state index contributed by atoms with van der Waals surface area (Å²) in [5.41, 5.74) is 1.84. The van der Waals surface area contributed by atoms with Gasteiger partial charge in [0.15, 0.2) is 5.58 Å².